The lowest BCUT2D eigenvalue weighted by atomic mass is 9.93. The van der Waals surface area contributed by atoms with Crippen LogP contribution in [0, 0.1) is 19.8 Å². The standard InChI is InChI=1S/C20H31N3O3S.ClH/c1-15-5-6-18(16(2)13-15)27(25,26)23-11-7-17(8-12-23)19(24)22-20(14-21)9-3-4-10-20;/h5-6,13,17H,3-4,7-12,14,21H2,1-2H3,(H,22,24);1H. The predicted octanol–water partition coefficient (Wildman–Crippen LogP) is 2.51. The molecule has 1 amide bonds. The van der Waals surface area contributed by atoms with E-state index in [-0.39, 0.29) is 29.8 Å². The van der Waals surface area contributed by atoms with Crippen molar-refractivity contribution in [3.63, 3.8) is 0 Å². The van der Waals surface area contributed by atoms with Crippen LogP contribution in [-0.2, 0) is 14.8 Å². The van der Waals surface area contributed by atoms with Crippen molar-refractivity contribution in [3.8, 4) is 0 Å². The van der Waals surface area contributed by atoms with Crippen molar-refractivity contribution >= 4 is 28.3 Å². The van der Waals surface area contributed by atoms with E-state index in [2.05, 4.69) is 5.32 Å². The lowest BCUT2D eigenvalue weighted by Crippen LogP contribution is -2.54. The van der Waals surface area contributed by atoms with Crippen LogP contribution in [0.1, 0.15) is 49.7 Å². The number of nitrogens with one attached hydrogen (secondary N) is 1. The fraction of sp³-hybridized carbons (Fsp3) is 0.650. The molecule has 0 unspecified atom stereocenters. The smallest absolute Gasteiger partial charge is 0.243 e. The Morgan fingerprint density at radius 3 is 2.36 bits per heavy atom. The number of nitrogens with zero attached hydrogens (tertiary/aromatic N) is 1. The number of piperidine rings is 1. The molecule has 0 spiro atoms. The molecule has 0 aromatic heterocycles. The van der Waals surface area contributed by atoms with E-state index in [1.165, 1.54) is 4.31 Å². The molecule has 6 nitrogen and oxygen atoms in total. The molecule has 1 saturated carbocycles. The van der Waals surface area contributed by atoms with Gasteiger partial charge in [0.25, 0.3) is 0 Å². The van der Waals surface area contributed by atoms with E-state index >= 15 is 0 Å². The molecule has 8 heteroatoms. The van der Waals surface area contributed by atoms with E-state index in [9.17, 15) is 13.2 Å². The minimum Gasteiger partial charge on any atom is -0.349 e. The van der Waals surface area contributed by atoms with Gasteiger partial charge < -0.3 is 11.1 Å². The van der Waals surface area contributed by atoms with Crippen molar-refractivity contribution in [1.29, 1.82) is 0 Å². The van der Waals surface area contributed by atoms with Crippen molar-refractivity contribution < 1.29 is 13.2 Å². The van der Waals surface area contributed by atoms with E-state index in [0.29, 0.717) is 37.4 Å². The van der Waals surface area contributed by atoms with Crippen LogP contribution in [0.4, 0.5) is 0 Å². The van der Waals surface area contributed by atoms with Gasteiger partial charge in [0.1, 0.15) is 0 Å². The Morgan fingerprint density at radius 1 is 1.21 bits per heavy atom. The number of halogens is 1. The molecule has 3 N–H and O–H groups in total. The fourth-order valence-electron chi connectivity index (χ4n) is 4.38. The second-order valence-corrected chi connectivity index (χ2v) is 10.0. The monoisotopic (exact) mass is 429 g/mol. The Hall–Kier alpha value is -1.15. The highest BCUT2D eigenvalue weighted by Crippen LogP contribution is 2.31. The van der Waals surface area contributed by atoms with Gasteiger partial charge in [0.2, 0.25) is 15.9 Å². The molecule has 1 aromatic rings. The number of carbonyl (C=O) groups excluding carboxylic acids is 1. The number of nitrogens with two attached hydrogens (primary N) is 1. The van der Waals surface area contributed by atoms with Gasteiger partial charge in [-0.15, -0.1) is 12.4 Å². The summed E-state index contributed by atoms with van der Waals surface area (Å²) in [5.41, 5.74) is 7.47. The minimum atomic E-state index is -3.52. The van der Waals surface area contributed by atoms with E-state index in [0.717, 1.165) is 36.8 Å². The van der Waals surface area contributed by atoms with E-state index < -0.39 is 10.0 Å². The van der Waals surface area contributed by atoms with Crippen LogP contribution in [0.25, 0.3) is 0 Å². The maximum absolute atomic E-state index is 13.0. The molecule has 0 radical (unpaired) electrons. The molecule has 0 bridgehead atoms. The van der Waals surface area contributed by atoms with Gasteiger partial charge in [-0.1, -0.05) is 30.5 Å². The summed E-state index contributed by atoms with van der Waals surface area (Å²) in [6.45, 7) is 5.01. The van der Waals surface area contributed by atoms with Crippen LogP contribution in [-0.4, -0.2) is 43.8 Å². The van der Waals surface area contributed by atoms with Crippen molar-refractivity contribution in [2.75, 3.05) is 19.6 Å². The van der Waals surface area contributed by atoms with Gasteiger partial charge in [0.05, 0.1) is 10.4 Å². The van der Waals surface area contributed by atoms with Crippen molar-refractivity contribution in [2.24, 2.45) is 11.7 Å². The first-order valence-corrected chi connectivity index (χ1v) is 11.3. The lowest BCUT2D eigenvalue weighted by molar-refractivity contribution is -0.128. The largest absolute Gasteiger partial charge is 0.349 e. The third kappa shape index (κ3) is 4.70. The first-order chi connectivity index (χ1) is 12.8. The number of carbonyl (C=O) groups is 1. The molecule has 1 aliphatic heterocycles. The second-order valence-electron chi connectivity index (χ2n) is 8.13. The van der Waals surface area contributed by atoms with Crippen molar-refractivity contribution in [1.82, 2.24) is 9.62 Å². The highest BCUT2D eigenvalue weighted by atomic mass is 35.5. The summed E-state index contributed by atoms with van der Waals surface area (Å²) in [5, 5.41) is 3.18. The molecule has 158 valence electrons. The third-order valence-electron chi connectivity index (χ3n) is 6.11. The van der Waals surface area contributed by atoms with Crippen LogP contribution in [0.3, 0.4) is 0 Å². The SMILES string of the molecule is Cc1ccc(S(=O)(=O)N2CCC(C(=O)NC3(CN)CCCC3)CC2)c(C)c1.Cl. The number of sulfonamides is 1. The molecule has 2 fully saturated rings. The highest BCUT2D eigenvalue weighted by Gasteiger charge is 2.38. The van der Waals surface area contributed by atoms with Crippen LogP contribution < -0.4 is 11.1 Å². The van der Waals surface area contributed by atoms with Gasteiger partial charge in [-0.25, -0.2) is 8.42 Å². The summed E-state index contributed by atoms with van der Waals surface area (Å²) >= 11 is 0. The average Bonchev–Trinajstić information content (AvgIpc) is 3.10. The third-order valence-corrected chi connectivity index (χ3v) is 8.17. The molecule has 1 aliphatic carbocycles. The summed E-state index contributed by atoms with van der Waals surface area (Å²) in [6.07, 6.45) is 5.19. The van der Waals surface area contributed by atoms with Crippen molar-refractivity contribution in [3.05, 3.63) is 29.3 Å². The first-order valence-electron chi connectivity index (χ1n) is 9.87. The average molecular weight is 430 g/mol. The quantitative estimate of drug-likeness (QED) is 0.752. The summed E-state index contributed by atoms with van der Waals surface area (Å²) in [7, 11) is -3.52. The maximum Gasteiger partial charge on any atom is 0.243 e. The molecular weight excluding hydrogens is 398 g/mol. The summed E-state index contributed by atoms with van der Waals surface area (Å²) in [6, 6.07) is 5.40. The van der Waals surface area contributed by atoms with Gasteiger partial charge >= 0.3 is 0 Å². The zero-order chi connectivity index (χ0) is 19.7. The molecule has 0 atom stereocenters. The number of rotatable bonds is 5. The maximum atomic E-state index is 13.0. The molecule has 1 heterocycles. The lowest BCUT2D eigenvalue weighted by Gasteiger charge is -2.34. The van der Waals surface area contributed by atoms with Gasteiger partial charge in [-0.2, -0.15) is 4.31 Å². The summed E-state index contributed by atoms with van der Waals surface area (Å²) < 4.78 is 27.5. The molecule has 3 rings (SSSR count). The van der Waals surface area contributed by atoms with Gasteiger partial charge in [0.15, 0.2) is 0 Å². The normalized spacial score (nSPS) is 20.5. The molecule has 28 heavy (non-hydrogen) atoms. The molecule has 1 aromatic carbocycles. The van der Waals surface area contributed by atoms with Crippen LogP contribution in [0.5, 0.6) is 0 Å². The number of amides is 1. The van der Waals surface area contributed by atoms with Gasteiger partial charge in [-0.05, 0) is 51.2 Å². The van der Waals surface area contributed by atoms with Crippen molar-refractivity contribution in [2.45, 2.75) is 62.8 Å². The van der Waals surface area contributed by atoms with Crippen LogP contribution >= 0.6 is 12.4 Å². The Bertz CT molecular complexity index is 799. The topological polar surface area (TPSA) is 92.5 Å². The number of hydrogen-bond acceptors (Lipinski definition) is 4. The Labute approximate surface area is 174 Å². The molecule has 2 aliphatic rings. The Kier molecular flexibility index (Phi) is 7.53. The molecular formula is C20H32ClN3O3S. The van der Waals surface area contributed by atoms with Crippen LogP contribution in [0.15, 0.2) is 23.1 Å². The Balaban J connectivity index is 0.00000280. The van der Waals surface area contributed by atoms with Gasteiger partial charge in [-0.3, -0.25) is 4.79 Å². The van der Waals surface area contributed by atoms with Gasteiger partial charge in [0, 0.05) is 25.6 Å². The van der Waals surface area contributed by atoms with E-state index in [1.807, 2.05) is 26.0 Å². The zero-order valence-electron chi connectivity index (χ0n) is 16.7. The highest BCUT2D eigenvalue weighted by molar-refractivity contribution is 7.89. The van der Waals surface area contributed by atoms with E-state index in [4.69, 9.17) is 5.73 Å². The number of aryl methyl sites for hydroxylation is 2. The summed E-state index contributed by atoms with van der Waals surface area (Å²) in [4.78, 5) is 13.1. The minimum absolute atomic E-state index is 0. The number of hydrogen-bond donors (Lipinski definition) is 2. The predicted molar refractivity (Wildman–Crippen MR) is 113 cm³/mol. The van der Waals surface area contributed by atoms with Crippen LogP contribution in [0.2, 0.25) is 0 Å². The molecule has 1 saturated heterocycles. The van der Waals surface area contributed by atoms with E-state index in [1.54, 1.807) is 6.07 Å². The second kappa shape index (κ2) is 9.11. The Morgan fingerprint density at radius 2 is 1.82 bits per heavy atom. The zero-order valence-corrected chi connectivity index (χ0v) is 18.4. The summed E-state index contributed by atoms with van der Waals surface area (Å²) in [5.74, 6) is -0.106. The number of benzene rings is 1. The first kappa shape index (κ1) is 23.1. The fourth-order valence-corrected chi connectivity index (χ4v) is 6.06.